The van der Waals surface area contributed by atoms with Gasteiger partial charge in [-0.15, -0.1) is 0 Å². The van der Waals surface area contributed by atoms with Gasteiger partial charge in [-0.25, -0.2) is 9.78 Å². The number of anilines is 1. The van der Waals surface area contributed by atoms with Gasteiger partial charge in [-0.05, 0) is 31.0 Å². The Labute approximate surface area is 128 Å². The Morgan fingerprint density at radius 2 is 2.32 bits per heavy atom. The van der Waals surface area contributed by atoms with Crippen LogP contribution in [0.4, 0.5) is 5.69 Å². The van der Waals surface area contributed by atoms with Crippen molar-refractivity contribution in [1.82, 2.24) is 9.55 Å². The number of aryl methyl sites for hydroxylation is 1. The quantitative estimate of drug-likeness (QED) is 0.693. The second-order valence-corrected chi connectivity index (χ2v) is 5.43. The number of ether oxygens (including phenoxy) is 2. The van der Waals surface area contributed by atoms with Gasteiger partial charge in [0.05, 0.1) is 30.7 Å². The third-order valence-corrected chi connectivity index (χ3v) is 4.00. The van der Waals surface area contributed by atoms with E-state index in [1.54, 1.807) is 12.3 Å². The molecule has 0 amide bonds. The highest BCUT2D eigenvalue weighted by Crippen LogP contribution is 2.29. The van der Waals surface area contributed by atoms with Crippen molar-refractivity contribution in [2.24, 2.45) is 0 Å². The van der Waals surface area contributed by atoms with Crippen molar-refractivity contribution >= 4 is 11.7 Å². The Hall–Kier alpha value is -2.34. The monoisotopic (exact) mass is 301 g/mol. The topological polar surface area (TPSA) is 79.4 Å². The summed E-state index contributed by atoms with van der Waals surface area (Å²) in [7, 11) is 1.36. The van der Waals surface area contributed by atoms with Crippen LogP contribution < -0.4 is 5.73 Å². The van der Waals surface area contributed by atoms with Crippen molar-refractivity contribution in [3.8, 4) is 5.69 Å². The summed E-state index contributed by atoms with van der Waals surface area (Å²) in [5, 5.41) is 0. The average Bonchev–Trinajstić information content (AvgIpc) is 3.18. The number of carbonyl (C=O) groups excluding carboxylic acids is 1. The molecule has 3 rings (SSSR count). The lowest BCUT2D eigenvalue weighted by Gasteiger charge is -2.16. The van der Waals surface area contributed by atoms with E-state index in [0.29, 0.717) is 17.9 Å². The molecule has 22 heavy (non-hydrogen) atoms. The van der Waals surface area contributed by atoms with E-state index in [1.165, 1.54) is 7.11 Å². The Morgan fingerprint density at radius 3 is 3.00 bits per heavy atom. The molecule has 116 valence electrons. The van der Waals surface area contributed by atoms with E-state index in [4.69, 9.17) is 15.2 Å². The zero-order chi connectivity index (χ0) is 15.7. The smallest absolute Gasteiger partial charge is 0.338 e. The van der Waals surface area contributed by atoms with Gasteiger partial charge in [0.1, 0.15) is 5.82 Å². The standard InChI is InChI=1S/C16H19N3O3/c1-10-7-14(13(17)8-12(10)16(20)21-2)19-5-4-18-15(19)11-3-6-22-9-11/h4-5,7-8,11H,3,6,9,17H2,1-2H3. The number of esters is 1. The molecule has 2 aromatic rings. The van der Waals surface area contributed by atoms with Gasteiger partial charge in [0.2, 0.25) is 0 Å². The van der Waals surface area contributed by atoms with E-state index < -0.39 is 0 Å². The molecule has 1 aromatic carbocycles. The van der Waals surface area contributed by atoms with Crippen LogP contribution in [0.15, 0.2) is 24.5 Å². The fourth-order valence-electron chi connectivity index (χ4n) is 2.81. The summed E-state index contributed by atoms with van der Waals surface area (Å²) in [4.78, 5) is 16.2. The number of hydrogen-bond acceptors (Lipinski definition) is 5. The SMILES string of the molecule is COC(=O)c1cc(N)c(-n2ccnc2C2CCOC2)cc1C. The second kappa shape index (κ2) is 5.81. The third kappa shape index (κ3) is 2.46. The van der Waals surface area contributed by atoms with Crippen LogP contribution in [0.3, 0.4) is 0 Å². The Kier molecular flexibility index (Phi) is 3.85. The maximum atomic E-state index is 11.7. The number of nitrogen functional groups attached to an aromatic ring is 1. The van der Waals surface area contributed by atoms with Crippen LogP contribution in [-0.2, 0) is 9.47 Å². The Bertz CT molecular complexity index is 703. The van der Waals surface area contributed by atoms with E-state index >= 15 is 0 Å². The van der Waals surface area contributed by atoms with Gasteiger partial charge < -0.3 is 19.8 Å². The number of benzene rings is 1. The van der Waals surface area contributed by atoms with E-state index in [1.807, 2.05) is 23.8 Å². The van der Waals surface area contributed by atoms with Crippen molar-refractivity contribution in [3.63, 3.8) is 0 Å². The first-order chi connectivity index (χ1) is 10.6. The maximum Gasteiger partial charge on any atom is 0.338 e. The van der Waals surface area contributed by atoms with Crippen molar-refractivity contribution in [1.29, 1.82) is 0 Å². The van der Waals surface area contributed by atoms with Gasteiger partial charge in [-0.3, -0.25) is 0 Å². The summed E-state index contributed by atoms with van der Waals surface area (Å²) in [6.45, 7) is 3.30. The number of nitrogens with two attached hydrogens (primary N) is 1. The molecular formula is C16H19N3O3. The number of carbonyl (C=O) groups is 1. The molecule has 1 aliphatic rings. The van der Waals surface area contributed by atoms with E-state index in [2.05, 4.69) is 4.98 Å². The number of nitrogens with zero attached hydrogens (tertiary/aromatic N) is 2. The Balaban J connectivity index is 2.04. The average molecular weight is 301 g/mol. The number of imidazole rings is 1. The highest BCUT2D eigenvalue weighted by atomic mass is 16.5. The summed E-state index contributed by atoms with van der Waals surface area (Å²) in [6, 6.07) is 3.55. The predicted octanol–water partition coefficient (Wildman–Crippen LogP) is 2.05. The molecule has 1 aliphatic heterocycles. The normalized spacial score (nSPS) is 17.6. The molecule has 0 spiro atoms. The zero-order valence-electron chi connectivity index (χ0n) is 12.7. The fraction of sp³-hybridized carbons (Fsp3) is 0.375. The first kappa shape index (κ1) is 14.6. The Morgan fingerprint density at radius 1 is 1.50 bits per heavy atom. The zero-order valence-corrected chi connectivity index (χ0v) is 12.7. The summed E-state index contributed by atoms with van der Waals surface area (Å²) < 4.78 is 12.2. The first-order valence-corrected chi connectivity index (χ1v) is 7.21. The number of aromatic nitrogens is 2. The molecule has 1 atom stereocenters. The minimum absolute atomic E-state index is 0.273. The first-order valence-electron chi connectivity index (χ1n) is 7.21. The van der Waals surface area contributed by atoms with Gasteiger partial charge in [0, 0.05) is 24.9 Å². The van der Waals surface area contributed by atoms with Crippen LogP contribution in [0.1, 0.15) is 34.1 Å². The molecule has 1 aromatic heterocycles. The number of rotatable bonds is 3. The molecule has 1 unspecified atom stereocenters. The molecular weight excluding hydrogens is 282 g/mol. The molecule has 6 heteroatoms. The summed E-state index contributed by atoms with van der Waals surface area (Å²) >= 11 is 0. The summed E-state index contributed by atoms with van der Waals surface area (Å²) in [5.41, 5.74) is 8.79. The van der Waals surface area contributed by atoms with Crippen LogP contribution in [0, 0.1) is 6.92 Å². The van der Waals surface area contributed by atoms with Gasteiger partial charge >= 0.3 is 5.97 Å². The van der Waals surface area contributed by atoms with Crippen LogP contribution in [0.2, 0.25) is 0 Å². The lowest BCUT2D eigenvalue weighted by molar-refractivity contribution is 0.0600. The molecule has 1 fully saturated rings. The lowest BCUT2D eigenvalue weighted by atomic mass is 10.0. The van der Waals surface area contributed by atoms with E-state index in [0.717, 1.165) is 30.1 Å². The van der Waals surface area contributed by atoms with Crippen LogP contribution >= 0.6 is 0 Å². The molecule has 0 saturated carbocycles. The van der Waals surface area contributed by atoms with Gasteiger partial charge in [0.25, 0.3) is 0 Å². The minimum atomic E-state index is -0.384. The summed E-state index contributed by atoms with van der Waals surface area (Å²) in [5.74, 6) is 0.829. The summed E-state index contributed by atoms with van der Waals surface area (Å²) in [6.07, 6.45) is 4.60. The molecule has 0 radical (unpaired) electrons. The molecule has 6 nitrogen and oxygen atoms in total. The highest BCUT2D eigenvalue weighted by molar-refractivity contribution is 5.93. The van der Waals surface area contributed by atoms with Crippen molar-refractivity contribution in [2.45, 2.75) is 19.3 Å². The predicted molar refractivity (Wildman–Crippen MR) is 82.2 cm³/mol. The van der Waals surface area contributed by atoms with Gasteiger partial charge in [0.15, 0.2) is 0 Å². The van der Waals surface area contributed by atoms with Crippen molar-refractivity contribution < 1.29 is 14.3 Å². The van der Waals surface area contributed by atoms with Crippen LogP contribution in [-0.4, -0.2) is 35.8 Å². The molecule has 2 heterocycles. The number of methoxy groups -OCH3 is 1. The lowest BCUT2D eigenvalue weighted by Crippen LogP contribution is -2.11. The second-order valence-electron chi connectivity index (χ2n) is 5.43. The molecule has 2 N–H and O–H groups in total. The minimum Gasteiger partial charge on any atom is -0.465 e. The molecule has 0 aliphatic carbocycles. The maximum absolute atomic E-state index is 11.7. The van der Waals surface area contributed by atoms with Crippen LogP contribution in [0.5, 0.6) is 0 Å². The third-order valence-electron chi connectivity index (χ3n) is 4.00. The highest BCUT2D eigenvalue weighted by Gasteiger charge is 2.24. The van der Waals surface area contributed by atoms with Gasteiger partial charge in [-0.2, -0.15) is 0 Å². The number of hydrogen-bond donors (Lipinski definition) is 1. The molecule has 1 saturated heterocycles. The van der Waals surface area contributed by atoms with E-state index in [9.17, 15) is 4.79 Å². The molecule has 0 bridgehead atoms. The van der Waals surface area contributed by atoms with Crippen LogP contribution in [0.25, 0.3) is 5.69 Å². The van der Waals surface area contributed by atoms with Crippen molar-refractivity contribution in [2.75, 3.05) is 26.1 Å². The van der Waals surface area contributed by atoms with Gasteiger partial charge in [-0.1, -0.05) is 0 Å². The van der Waals surface area contributed by atoms with E-state index in [-0.39, 0.29) is 11.9 Å². The largest absolute Gasteiger partial charge is 0.465 e. The fourth-order valence-corrected chi connectivity index (χ4v) is 2.81. The van der Waals surface area contributed by atoms with Crippen molar-refractivity contribution in [3.05, 3.63) is 41.5 Å².